The molecule has 0 unspecified atom stereocenters. The third kappa shape index (κ3) is 5.59. The van der Waals surface area contributed by atoms with Gasteiger partial charge in [0.15, 0.2) is 11.5 Å². The van der Waals surface area contributed by atoms with Crippen LogP contribution >= 0.6 is 11.8 Å². The van der Waals surface area contributed by atoms with Gasteiger partial charge in [-0.3, -0.25) is 29.4 Å². The summed E-state index contributed by atoms with van der Waals surface area (Å²) in [6, 6.07) is 9.51. The smallest absolute Gasteiger partial charge is 0.343 e. The summed E-state index contributed by atoms with van der Waals surface area (Å²) < 4.78 is 15.3. The van der Waals surface area contributed by atoms with Crippen LogP contribution in [0, 0.1) is 10.1 Å². The highest BCUT2D eigenvalue weighted by atomic mass is 32.2. The quantitative estimate of drug-likeness (QED) is 0.179. The van der Waals surface area contributed by atoms with Crippen molar-refractivity contribution in [3.63, 3.8) is 0 Å². The fraction of sp³-hybridized carbons (Fsp3) is 0.182. The van der Waals surface area contributed by atoms with Crippen molar-refractivity contribution in [1.82, 2.24) is 4.90 Å². The molecule has 1 aliphatic heterocycles. The number of rotatable bonds is 8. The van der Waals surface area contributed by atoms with Gasteiger partial charge in [-0.2, -0.15) is 0 Å². The maximum atomic E-state index is 12.5. The third-order valence-corrected chi connectivity index (χ3v) is 5.35. The van der Waals surface area contributed by atoms with E-state index in [0.29, 0.717) is 17.3 Å². The van der Waals surface area contributed by atoms with Gasteiger partial charge in [0.1, 0.15) is 6.54 Å². The zero-order valence-corrected chi connectivity index (χ0v) is 18.8. The van der Waals surface area contributed by atoms with Crippen molar-refractivity contribution < 1.29 is 38.3 Å². The van der Waals surface area contributed by atoms with Gasteiger partial charge in [0, 0.05) is 12.1 Å². The molecule has 176 valence electrons. The minimum Gasteiger partial charge on any atom is -0.493 e. The number of benzene rings is 2. The molecule has 2 aromatic rings. The summed E-state index contributed by atoms with van der Waals surface area (Å²) in [7, 11) is 1.34. The van der Waals surface area contributed by atoms with Crippen LogP contribution in [0.15, 0.2) is 47.4 Å². The fourth-order valence-corrected chi connectivity index (χ4v) is 3.73. The molecule has 1 aliphatic rings. The first-order valence-electron chi connectivity index (χ1n) is 9.79. The van der Waals surface area contributed by atoms with Crippen LogP contribution in [0.5, 0.6) is 11.5 Å². The predicted octanol–water partition coefficient (Wildman–Crippen LogP) is 3.42. The van der Waals surface area contributed by atoms with Gasteiger partial charge in [0.25, 0.3) is 16.8 Å². The summed E-state index contributed by atoms with van der Waals surface area (Å²) in [5.74, 6) is -1.95. The molecule has 1 saturated heterocycles. The van der Waals surface area contributed by atoms with Crippen molar-refractivity contribution in [2.75, 3.05) is 20.3 Å². The molecule has 0 aliphatic carbocycles. The van der Waals surface area contributed by atoms with Crippen molar-refractivity contribution in [1.29, 1.82) is 0 Å². The fourth-order valence-electron chi connectivity index (χ4n) is 2.89. The number of thioether (sulfide) groups is 1. The second-order valence-electron chi connectivity index (χ2n) is 6.68. The van der Waals surface area contributed by atoms with Crippen molar-refractivity contribution >= 4 is 46.6 Å². The number of amides is 2. The van der Waals surface area contributed by atoms with Crippen LogP contribution in [0.1, 0.15) is 22.8 Å². The van der Waals surface area contributed by atoms with E-state index < -0.39 is 34.6 Å². The van der Waals surface area contributed by atoms with Crippen LogP contribution in [-0.2, 0) is 14.3 Å². The van der Waals surface area contributed by atoms with E-state index in [-0.39, 0.29) is 34.3 Å². The molecule has 2 aromatic carbocycles. The number of carbonyl (C=O) groups is 4. The number of imide groups is 1. The maximum Gasteiger partial charge on any atom is 0.343 e. The summed E-state index contributed by atoms with van der Waals surface area (Å²) in [4.78, 5) is 59.9. The van der Waals surface area contributed by atoms with Gasteiger partial charge in [-0.05, 0) is 48.5 Å². The van der Waals surface area contributed by atoms with Crippen LogP contribution in [0.25, 0.3) is 6.08 Å². The lowest BCUT2D eigenvalue weighted by molar-refractivity contribution is -0.384. The molecule has 0 aromatic heterocycles. The highest BCUT2D eigenvalue weighted by molar-refractivity contribution is 8.18. The molecular weight excluding hydrogens is 468 g/mol. The molecule has 3 rings (SSSR count). The minimum atomic E-state index is -0.824. The van der Waals surface area contributed by atoms with E-state index in [9.17, 15) is 29.3 Å². The van der Waals surface area contributed by atoms with Crippen molar-refractivity contribution in [2.45, 2.75) is 6.92 Å². The number of nitrogens with zero attached hydrogens (tertiary/aromatic N) is 2. The molecule has 0 saturated carbocycles. The zero-order chi connectivity index (χ0) is 24.8. The molecule has 2 amide bonds. The SMILES string of the molecule is CCOC(=O)CN1C(=O)S/C(=C\c2ccc(OC(=O)c3cccc([N+](=O)[O-])c3)c(OC)c2)C1=O. The van der Waals surface area contributed by atoms with Gasteiger partial charge in [-0.15, -0.1) is 0 Å². The molecule has 0 spiro atoms. The van der Waals surface area contributed by atoms with E-state index in [1.807, 2.05) is 0 Å². The Morgan fingerprint density at radius 3 is 2.59 bits per heavy atom. The Morgan fingerprint density at radius 1 is 1.15 bits per heavy atom. The van der Waals surface area contributed by atoms with Gasteiger partial charge in [-0.25, -0.2) is 4.79 Å². The zero-order valence-electron chi connectivity index (χ0n) is 18.0. The number of hydrogen-bond donors (Lipinski definition) is 0. The first-order chi connectivity index (χ1) is 16.2. The van der Waals surface area contributed by atoms with E-state index in [4.69, 9.17) is 14.2 Å². The van der Waals surface area contributed by atoms with Crippen LogP contribution in [-0.4, -0.2) is 53.2 Å². The predicted molar refractivity (Wildman–Crippen MR) is 120 cm³/mol. The van der Waals surface area contributed by atoms with Gasteiger partial charge >= 0.3 is 11.9 Å². The Kier molecular flexibility index (Phi) is 7.64. The highest BCUT2D eigenvalue weighted by Gasteiger charge is 2.36. The summed E-state index contributed by atoms with van der Waals surface area (Å²) in [5, 5.41) is 10.3. The Hall–Kier alpha value is -4.19. The second kappa shape index (κ2) is 10.6. The van der Waals surface area contributed by atoms with E-state index in [1.54, 1.807) is 6.92 Å². The van der Waals surface area contributed by atoms with Gasteiger partial charge < -0.3 is 14.2 Å². The van der Waals surface area contributed by atoms with Crippen molar-refractivity contribution in [3.8, 4) is 11.5 Å². The Labute approximate surface area is 197 Å². The molecule has 0 atom stereocenters. The normalized spacial score (nSPS) is 14.3. The molecule has 0 bridgehead atoms. The number of nitro groups is 1. The van der Waals surface area contributed by atoms with Gasteiger partial charge in [0.05, 0.1) is 29.1 Å². The minimum absolute atomic E-state index is 0.0180. The van der Waals surface area contributed by atoms with Crippen LogP contribution in [0.2, 0.25) is 0 Å². The van der Waals surface area contributed by atoms with Crippen LogP contribution in [0.4, 0.5) is 10.5 Å². The highest BCUT2D eigenvalue weighted by Crippen LogP contribution is 2.34. The number of ether oxygens (including phenoxy) is 3. The maximum absolute atomic E-state index is 12.5. The lowest BCUT2D eigenvalue weighted by atomic mass is 10.1. The molecule has 1 heterocycles. The summed E-state index contributed by atoms with van der Waals surface area (Å²) in [5.41, 5.74) is 0.193. The Balaban J connectivity index is 1.78. The summed E-state index contributed by atoms with van der Waals surface area (Å²) >= 11 is 0.675. The van der Waals surface area contributed by atoms with Gasteiger partial charge in [0.2, 0.25) is 0 Å². The molecule has 34 heavy (non-hydrogen) atoms. The van der Waals surface area contributed by atoms with Crippen LogP contribution in [0.3, 0.4) is 0 Å². The summed E-state index contributed by atoms with van der Waals surface area (Å²) in [6.45, 7) is 1.26. The van der Waals surface area contributed by atoms with Gasteiger partial charge in [-0.1, -0.05) is 12.1 Å². The van der Waals surface area contributed by atoms with E-state index >= 15 is 0 Å². The van der Waals surface area contributed by atoms with E-state index in [0.717, 1.165) is 11.0 Å². The Bertz CT molecular complexity index is 1210. The van der Waals surface area contributed by atoms with Crippen molar-refractivity contribution in [2.24, 2.45) is 0 Å². The van der Waals surface area contributed by atoms with E-state index in [2.05, 4.69) is 0 Å². The number of hydrogen-bond acceptors (Lipinski definition) is 10. The average Bonchev–Trinajstić information content (AvgIpc) is 3.07. The largest absolute Gasteiger partial charge is 0.493 e. The molecule has 12 heteroatoms. The lowest BCUT2D eigenvalue weighted by Gasteiger charge is -2.11. The second-order valence-corrected chi connectivity index (χ2v) is 7.67. The average molecular weight is 486 g/mol. The summed E-state index contributed by atoms with van der Waals surface area (Å²) in [6.07, 6.45) is 1.44. The number of non-ortho nitro benzene ring substituents is 1. The molecule has 0 radical (unpaired) electrons. The lowest BCUT2D eigenvalue weighted by Crippen LogP contribution is -2.34. The monoisotopic (exact) mass is 486 g/mol. The standard InChI is InChI=1S/C22H18N2O9S/c1-3-32-19(25)12-23-20(26)18(34-22(23)28)10-13-7-8-16(17(9-13)31-2)33-21(27)14-5-4-6-15(11-14)24(29)30/h4-11H,3,12H2,1-2H3/b18-10-. The Morgan fingerprint density at radius 2 is 1.91 bits per heavy atom. The number of esters is 2. The molecule has 1 fully saturated rings. The molecular formula is C22H18N2O9S. The number of nitro benzene ring substituents is 1. The number of carbonyl (C=O) groups excluding carboxylic acids is 4. The molecule has 0 N–H and O–H groups in total. The first-order valence-corrected chi connectivity index (χ1v) is 10.6. The molecule has 11 nitrogen and oxygen atoms in total. The van der Waals surface area contributed by atoms with Crippen molar-refractivity contribution in [3.05, 3.63) is 68.6 Å². The first kappa shape index (κ1) is 24.5. The topological polar surface area (TPSA) is 142 Å². The third-order valence-electron chi connectivity index (χ3n) is 4.45. The van der Waals surface area contributed by atoms with E-state index in [1.165, 1.54) is 49.6 Å². The van der Waals surface area contributed by atoms with Crippen LogP contribution < -0.4 is 9.47 Å². The number of methoxy groups -OCH3 is 1.